The molecule has 0 aromatic carbocycles. The summed E-state index contributed by atoms with van der Waals surface area (Å²) >= 11 is 0. The van der Waals surface area contributed by atoms with Gasteiger partial charge in [0.05, 0.1) is 12.2 Å². The number of allylic oxidation sites excluding steroid dienone is 1. The van der Waals surface area contributed by atoms with Crippen molar-refractivity contribution in [3.8, 4) is 0 Å². The van der Waals surface area contributed by atoms with Gasteiger partial charge in [0.1, 0.15) is 0 Å². The highest BCUT2D eigenvalue weighted by Gasteiger charge is 2.48. The molecule has 1 aliphatic heterocycles. The van der Waals surface area contributed by atoms with Gasteiger partial charge in [-0.25, -0.2) is 0 Å². The van der Waals surface area contributed by atoms with E-state index in [0.29, 0.717) is 23.9 Å². The molecule has 0 spiro atoms. The van der Waals surface area contributed by atoms with Crippen molar-refractivity contribution in [3.63, 3.8) is 0 Å². The van der Waals surface area contributed by atoms with Crippen molar-refractivity contribution in [2.45, 2.75) is 116 Å². The van der Waals surface area contributed by atoms with Crippen LogP contribution in [0.3, 0.4) is 0 Å². The van der Waals surface area contributed by atoms with Crippen molar-refractivity contribution in [1.29, 1.82) is 0 Å². The van der Waals surface area contributed by atoms with Gasteiger partial charge in [-0.1, -0.05) is 71.4 Å². The summed E-state index contributed by atoms with van der Waals surface area (Å²) in [5.74, 6) is 2.48. The fraction of sp³-hybridized carbons (Fsp3) is 0.913. The van der Waals surface area contributed by atoms with Crippen LogP contribution in [0.25, 0.3) is 0 Å². The van der Waals surface area contributed by atoms with E-state index in [-0.39, 0.29) is 7.12 Å². The lowest BCUT2D eigenvalue weighted by Gasteiger charge is -2.35. The van der Waals surface area contributed by atoms with Crippen LogP contribution in [0, 0.1) is 17.8 Å². The van der Waals surface area contributed by atoms with Gasteiger partial charge in [-0.3, -0.25) is 0 Å². The van der Waals surface area contributed by atoms with Crippen molar-refractivity contribution in [2.24, 2.45) is 17.8 Å². The van der Waals surface area contributed by atoms with Crippen LogP contribution in [0.5, 0.6) is 0 Å². The Bertz CT molecular complexity index is 413. The maximum atomic E-state index is 6.69. The predicted octanol–water partition coefficient (Wildman–Crippen LogP) is 6.80. The third-order valence-electron chi connectivity index (χ3n) is 7.48. The van der Waals surface area contributed by atoms with E-state index in [0.717, 1.165) is 24.7 Å². The quantitative estimate of drug-likeness (QED) is 0.367. The van der Waals surface area contributed by atoms with Crippen molar-refractivity contribution in [3.05, 3.63) is 12.2 Å². The molecule has 0 unspecified atom stereocenters. The Hall–Kier alpha value is -0.275. The molecule has 3 fully saturated rings. The Kier molecular flexibility index (Phi) is 7.69. The molecule has 26 heavy (non-hydrogen) atoms. The lowest BCUT2D eigenvalue weighted by molar-refractivity contribution is 0.0324. The third kappa shape index (κ3) is 4.96. The predicted molar refractivity (Wildman–Crippen MR) is 111 cm³/mol. The number of hydrogen-bond acceptors (Lipinski definition) is 2. The molecule has 0 radical (unpaired) electrons. The van der Waals surface area contributed by atoms with Crippen molar-refractivity contribution < 1.29 is 9.31 Å². The summed E-state index contributed by atoms with van der Waals surface area (Å²) < 4.78 is 13.4. The van der Waals surface area contributed by atoms with Crippen molar-refractivity contribution in [1.82, 2.24) is 0 Å². The Morgan fingerprint density at radius 2 is 1.35 bits per heavy atom. The van der Waals surface area contributed by atoms with Crippen molar-refractivity contribution >= 4 is 7.12 Å². The summed E-state index contributed by atoms with van der Waals surface area (Å²) in [5.41, 5.74) is 1.36. The number of rotatable bonds is 7. The van der Waals surface area contributed by atoms with Gasteiger partial charge < -0.3 is 9.31 Å². The van der Waals surface area contributed by atoms with Crippen LogP contribution in [0.4, 0.5) is 0 Å². The van der Waals surface area contributed by atoms with E-state index in [4.69, 9.17) is 9.31 Å². The highest BCUT2D eigenvalue weighted by atomic mass is 16.7. The fourth-order valence-electron chi connectivity index (χ4n) is 5.63. The summed E-state index contributed by atoms with van der Waals surface area (Å²) in [4.78, 5) is 0. The standard InChI is InChI=1S/C23H41BO2/c1-5-17(2)18(3)16-19(4)24-25-22(20-12-8-6-9-13-20)23(26-24)21-14-10-7-11-15-21/h18-23H,2,5-16H2,1,3-4H3/t18-,19-,22+,23+/m0/s1. The van der Waals surface area contributed by atoms with Gasteiger partial charge >= 0.3 is 7.12 Å². The zero-order valence-electron chi connectivity index (χ0n) is 17.6. The molecule has 0 bridgehead atoms. The second-order valence-corrected chi connectivity index (χ2v) is 9.49. The Labute approximate surface area is 162 Å². The zero-order chi connectivity index (χ0) is 18.5. The van der Waals surface area contributed by atoms with E-state index < -0.39 is 0 Å². The first-order valence-electron chi connectivity index (χ1n) is 11.6. The van der Waals surface area contributed by atoms with Crippen LogP contribution in [-0.4, -0.2) is 19.3 Å². The summed E-state index contributed by atoms with van der Waals surface area (Å²) in [7, 11) is 0.000888. The molecule has 3 aliphatic rings. The molecule has 2 aliphatic carbocycles. The average molecular weight is 360 g/mol. The van der Waals surface area contributed by atoms with E-state index in [2.05, 4.69) is 27.4 Å². The minimum Gasteiger partial charge on any atom is -0.405 e. The fourth-order valence-corrected chi connectivity index (χ4v) is 5.63. The zero-order valence-corrected chi connectivity index (χ0v) is 17.6. The maximum Gasteiger partial charge on any atom is 0.460 e. The molecule has 0 amide bonds. The van der Waals surface area contributed by atoms with Gasteiger partial charge in [0.2, 0.25) is 0 Å². The first-order valence-corrected chi connectivity index (χ1v) is 11.6. The Morgan fingerprint density at radius 1 is 0.885 bits per heavy atom. The lowest BCUT2D eigenvalue weighted by Crippen LogP contribution is -2.38. The smallest absolute Gasteiger partial charge is 0.405 e. The molecule has 2 saturated carbocycles. The third-order valence-corrected chi connectivity index (χ3v) is 7.48. The van der Waals surface area contributed by atoms with E-state index in [9.17, 15) is 0 Å². The van der Waals surface area contributed by atoms with Crippen LogP contribution in [0.1, 0.15) is 97.8 Å². The SMILES string of the molecule is C=C(CC)[C@@H](C)C[C@H](C)B1O[C@H](C2CCCCC2)[C@@H](C2CCCCC2)O1. The highest BCUT2D eigenvalue weighted by Crippen LogP contribution is 2.43. The minimum atomic E-state index is 0.000888. The molecular formula is C23H41BO2. The molecule has 0 aromatic rings. The minimum absolute atomic E-state index is 0.000888. The van der Waals surface area contributed by atoms with Gasteiger partial charge in [0, 0.05) is 0 Å². The molecule has 1 saturated heterocycles. The van der Waals surface area contributed by atoms with Crippen LogP contribution < -0.4 is 0 Å². The summed E-state index contributed by atoms with van der Waals surface area (Å²) in [6, 6.07) is 0. The first-order chi connectivity index (χ1) is 12.6. The first kappa shape index (κ1) is 20.5. The molecular weight excluding hydrogens is 319 g/mol. The van der Waals surface area contributed by atoms with Gasteiger partial charge in [-0.05, 0) is 62.1 Å². The summed E-state index contributed by atoms with van der Waals surface area (Å²) in [5, 5.41) is 0. The van der Waals surface area contributed by atoms with Gasteiger partial charge in [0.25, 0.3) is 0 Å². The molecule has 3 rings (SSSR count). The largest absolute Gasteiger partial charge is 0.460 e. The van der Waals surface area contributed by atoms with Gasteiger partial charge in [0.15, 0.2) is 0 Å². The number of hydrogen-bond donors (Lipinski definition) is 0. The van der Waals surface area contributed by atoms with E-state index in [1.165, 1.54) is 69.8 Å². The second kappa shape index (κ2) is 9.78. The molecule has 2 nitrogen and oxygen atoms in total. The topological polar surface area (TPSA) is 18.5 Å². The van der Waals surface area contributed by atoms with E-state index in [1.807, 2.05) is 0 Å². The molecule has 4 atom stereocenters. The normalized spacial score (nSPS) is 31.1. The Balaban J connectivity index is 1.65. The molecule has 0 N–H and O–H groups in total. The van der Waals surface area contributed by atoms with Crippen LogP contribution >= 0.6 is 0 Å². The van der Waals surface area contributed by atoms with E-state index >= 15 is 0 Å². The van der Waals surface area contributed by atoms with Crippen molar-refractivity contribution in [2.75, 3.05) is 0 Å². The van der Waals surface area contributed by atoms with Gasteiger partial charge in [-0.2, -0.15) is 0 Å². The molecule has 3 heteroatoms. The van der Waals surface area contributed by atoms with Crippen LogP contribution in [0.2, 0.25) is 5.82 Å². The Morgan fingerprint density at radius 3 is 1.77 bits per heavy atom. The molecule has 0 aromatic heterocycles. The van der Waals surface area contributed by atoms with E-state index in [1.54, 1.807) is 0 Å². The molecule has 148 valence electrons. The van der Waals surface area contributed by atoms with Crippen LogP contribution in [-0.2, 0) is 9.31 Å². The van der Waals surface area contributed by atoms with Crippen LogP contribution in [0.15, 0.2) is 12.2 Å². The second-order valence-electron chi connectivity index (χ2n) is 9.49. The average Bonchev–Trinajstić information content (AvgIpc) is 3.14. The summed E-state index contributed by atoms with van der Waals surface area (Å²) in [6.45, 7) is 11.1. The molecule has 1 heterocycles. The summed E-state index contributed by atoms with van der Waals surface area (Å²) in [6.07, 6.45) is 16.7. The van der Waals surface area contributed by atoms with Gasteiger partial charge in [-0.15, -0.1) is 0 Å². The highest BCUT2D eigenvalue weighted by molar-refractivity contribution is 6.47. The maximum absolute atomic E-state index is 6.69. The monoisotopic (exact) mass is 360 g/mol. The lowest BCUT2D eigenvalue weighted by atomic mass is 9.68.